The quantitative estimate of drug-likeness (QED) is 0.706. The maximum Gasteiger partial charge on any atom is 0.169 e. The number of aldehydes is 1. The van der Waals surface area contributed by atoms with Crippen LogP contribution < -0.4 is 0 Å². The van der Waals surface area contributed by atoms with Crippen LogP contribution in [0.15, 0.2) is 30.9 Å². The molecular weight excluding hydrogens is 190 g/mol. The number of rotatable bonds is 3. The molecule has 0 aliphatic carbocycles. The number of hydrogen-bond donors (Lipinski definition) is 0. The standard InChI is InChI=1S/C11H11N3O/c1-9-3-2-4-12-11(9)6-14-5-10(7-15)13-8-14/h2-5,7-8H,6H2,1H3. The first-order valence-corrected chi connectivity index (χ1v) is 4.67. The monoisotopic (exact) mass is 201 g/mol. The molecule has 0 spiro atoms. The highest BCUT2D eigenvalue weighted by molar-refractivity contribution is 5.70. The summed E-state index contributed by atoms with van der Waals surface area (Å²) in [5.74, 6) is 0. The van der Waals surface area contributed by atoms with Gasteiger partial charge in [0.05, 0.1) is 18.6 Å². The van der Waals surface area contributed by atoms with Crippen molar-refractivity contribution in [2.24, 2.45) is 0 Å². The summed E-state index contributed by atoms with van der Waals surface area (Å²) in [6.45, 7) is 2.66. The normalized spacial score (nSPS) is 10.2. The van der Waals surface area contributed by atoms with E-state index in [9.17, 15) is 4.79 Å². The van der Waals surface area contributed by atoms with Gasteiger partial charge in [-0.05, 0) is 18.6 Å². The summed E-state index contributed by atoms with van der Waals surface area (Å²) in [6.07, 6.45) is 5.85. The Balaban J connectivity index is 2.22. The fourth-order valence-electron chi connectivity index (χ4n) is 1.38. The highest BCUT2D eigenvalue weighted by Gasteiger charge is 2.01. The van der Waals surface area contributed by atoms with Gasteiger partial charge in [0.2, 0.25) is 0 Å². The van der Waals surface area contributed by atoms with Crippen molar-refractivity contribution in [2.75, 3.05) is 0 Å². The van der Waals surface area contributed by atoms with Crippen molar-refractivity contribution in [3.05, 3.63) is 47.8 Å². The van der Waals surface area contributed by atoms with Crippen molar-refractivity contribution in [1.29, 1.82) is 0 Å². The zero-order chi connectivity index (χ0) is 10.7. The van der Waals surface area contributed by atoms with Gasteiger partial charge in [0.25, 0.3) is 0 Å². The maximum absolute atomic E-state index is 10.4. The summed E-state index contributed by atoms with van der Waals surface area (Å²) in [6, 6.07) is 3.92. The SMILES string of the molecule is Cc1cccnc1Cn1cnc(C=O)c1. The number of carbonyl (C=O) groups excluding carboxylic acids is 1. The first-order valence-electron chi connectivity index (χ1n) is 4.67. The van der Waals surface area contributed by atoms with Gasteiger partial charge < -0.3 is 4.57 Å². The van der Waals surface area contributed by atoms with E-state index in [0.29, 0.717) is 12.2 Å². The summed E-state index contributed by atoms with van der Waals surface area (Å²) in [7, 11) is 0. The van der Waals surface area contributed by atoms with Crippen LogP contribution in [-0.4, -0.2) is 20.8 Å². The van der Waals surface area contributed by atoms with Gasteiger partial charge in [-0.2, -0.15) is 0 Å². The lowest BCUT2D eigenvalue weighted by Gasteiger charge is -2.04. The Morgan fingerprint density at radius 3 is 3.00 bits per heavy atom. The number of carbonyl (C=O) groups is 1. The van der Waals surface area contributed by atoms with Crippen molar-refractivity contribution < 1.29 is 4.79 Å². The minimum absolute atomic E-state index is 0.448. The Hall–Kier alpha value is -1.97. The molecule has 0 aliphatic rings. The van der Waals surface area contributed by atoms with Gasteiger partial charge in [0.15, 0.2) is 6.29 Å². The molecule has 0 saturated carbocycles. The minimum atomic E-state index is 0.448. The van der Waals surface area contributed by atoms with E-state index in [2.05, 4.69) is 9.97 Å². The molecule has 2 heterocycles. The molecule has 0 fully saturated rings. The van der Waals surface area contributed by atoms with E-state index in [1.165, 1.54) is 0 Å². The lowest BCUT2D eigenvalue weighted by molar-refractivity contribution is 0.111. The van der Waals surface area contributed by atoms with E-state index in [4.69, 9.17) is 0 Å². The number of hydrogen-bond acceptors (Lipinski definition) is 3. The average Bonchev–Trinajstić information content (AvgIpc) is 2.69. The summed E-state index contributed by atoms with van der Waals surface area (Å²) >= 11 is 0. The maximum atomic E-state index is 10.4. The van der Waals surface area contributed by atoms with Crippen molar-refractivity contribution >= 4 is 6.29 Å². The van der Waals surface area contributed by atoms with Crippen LogP contribution in [0.1, 0.15) is 21.7 Å². The molecule has 2 rings (SSSR count). The molecule has 0 aliphatic heterocycles. The van der Waals surface area contributed by atoms with Crippen molar-refractivity contribution in [1.82, 2.24) is 14.5 Å². The van der Waals surface area contributed by atoms with Crippen LogP contribution in [0.4, 0.5) is 0 Å². The molecule has 2 aromatic rings. The summed E-state index contributed by atoms with van der Waals surface area (Å²) < 4.78 is 1.85. The van der Waals surface area contributed by atoms with E-state index in [1.807, 2.05) is 23.6 Å². The highest BCUT2D eigenvalue weighted by Crippen LogP contribution is 2.05. The van der Waals surface area contributed by atoms with Crippen molar-refractivity contribution in [2.45, 2.75) is 13.5 Å². The van der Waals surface area contributed by atoms with E-state index < -0.39 is 0 Å². The topological polar surface area (TPSA) is 47.8 Å². The van der Waals surface area contributed by atoms with Crippen LogP contribution in [0, 0.1) is 6.92 Å². The highest BCUT2D eigenvalue weighted by atomic mass is 16.1. The van der Waals surface area contributed by atoms with Crippen LogP contribution in [0.3, 0.4) is 0 Å². The third-order valence-corrected chi connectivity index (χ3v) is 2.22. The van der Waals surface area contributed by atoms with Gasteiger partial charge in [-0.3, -0.25) is 9.78 Å². The number of imidazole rings is 1. The number of aromatic nitrogens is 3. The van der Waals surface area contributed by atoms with Gasteiger partial charge >= 0.3 is 0 Å². The van der Waals surface area contributed by atoms with Gasteiger partial charge in [0, 0.05) is 12.4 Å². The second-order valence-corrected chi connectivity index (χ2v) is 3.36. The average molecular weight is 201 g/mol. The molecular formula is C11H11N3O. The van der Waals surface area contributed by atoms with Crippen molar-refractivity contribution in [3.8, 4) is 0 Å². The predicted molar refractivity (Wildman–Crippen MR) is 55.7 cm³/mol. The summed E-state index contributed by atoms with van der Waals surface area (Å²) in [5.41, 5.74) is 2.58. The van der Waals surface area contributed by atoms with E-state index >= 15 is 0 Å². The molecule has 2 aromatic heterocycles. The Morgan fingerprint density at radius 1 is 1.47 bits per heavy atom. The van der Waals surface area contributed by atoms with E-state index in [1.54, 1.807) is 18.7 Å². The molecule has 4 nitrogen and oxygen atoms in total. The molecule has 0 radical (unpaired) electrons. The second kappa shape index (κ2) is 4.04. The molecule has 0 unspecified atom stereocenters. The van der Waals surface area contributed by atoms with Gasteiger partial charge in [-0.25, -0.2) is 4.98 Å². The third-order valence-electron chi connectivity index (χ3n) is 2.22. The first-order chi connectivity index (χ1) is 7.29. The van der Waals surface area contributed by atoms with Crippen LogP contribution in [0.25, 0.3) is 0 Å². The second-order valence-electron chi connectivity index (χ2n) is 3.36. The largest absolute Gasteiger partial charge is 0.331 e. The van der Waals surface area contributed by atoms with E-state index in [-0.39, 0.29) is 0 Å². The fourth-order valence-corrected chi connectivity index (χ4v) is 1.38. The molecule has 0 amide bonds. The molecule has 76 valence electrons. The Bertz CT molecular complexity index is 476. The summed E-state index contributed by atoms with van der Waals surface area (Å²) in [4.78, 5) is 18.6. The molecule has 4 heteroatoms. The molecule has 0 atom stereocenters. The number of pyridine rings is 1. The molecule has 0 saturated heterocycles. The van der Waals surface area contributed by atoms with Crippen molar-refractivity contribution in [3.63, 3.8) is 0 Å². The van der Waals surface area contributed by atoms with Gasteiger partial charge in [-0.1, -0.05) is 6.07 Å². The summed E-state index contributed by atoms with van der Waals surface area (Å²) in [5, 5.41) is 0. The molecule has 0 aromatic carbocycles. The Kier molecular flexibility index (Phi) is 2.58. The zero-order valence-corrected chi connectivity index (χ0v) is 8.42. The molecule has 0 N–H and O–H groups in total. The number of nitrogens with zero attached hydrogens (tertiary/aromatic N) is 3. The van der Waals surface area contributed by atoms with Crippen LogP contribution >= 0.6 is 0 Å². The van der Waals surface area contributed by atoms with Gasteiger partial charge in [0.1, 0.15) is 5.69 Å². The van der Waals surface area contributed by atoms with Crippen LogP contribution in [0.2, 0.25) is 0 Å². The Labute approximate surface area is 87.6 Å². The smallest absolute Gasteiger partial charge is 0.169 e. The third kappa shape index (κ3) is 2.10. The van der Waals surface area contributed by atoms with Gasteiger partial charge in [-0.15, -0.1) is 0 Å². The fraction of sp³-hybridized carbons (Fsp3) is 0.182. The minimum Gasteiger partial charge on any atom is -0.331 e. The van der Waals surface area contributed by atoms with E-state index in [0.717, 1.165) is 17.5 Å². The lowest BCUT2D eigenvalue weighted by Crippen LogP contribution is -2.01. The molecule has 15 heavy (non-hydrogen) atoms. The Morgan fingerprint density at radius 2 is 2.33 bits per heavy atom. The van der Waals surface area contributed by atoms with Crippen LogP contribution in [0.5, 0.6) is 0 Å². The number of aryl methyl sites for hydroxylation is 1. The van der Waals surface area contributed by atoms with Crippen LogP contribution in [-0.2, 0) is 6.54 Å². The lowest BCUT2D eigenvalue weighted by atomic mass is 10.2. The zero-order valence-electron chi connectivity index (χ0n) is 8.42. The first kappa shape index (κ1) is 9.58. The predicted octanol–water partition coefficient (Wildman–Crippen LogP) is 1.45. The molecule has 0 bridgehead atoms.